The molecular formula is C21H22FN3O5S. The Bertz CT molecular complexity index is 1110. The number of halogens is 1. The number of benzene rings is 2. The summed E-state index contributed by atoms with van der Waals surface area (Å²) in [6.45, 7) is 2.47. The highest BCUT2D eigenvalue weighted by Gasteiger charge is 2.20. The first-order valence-electron chi connectivity index (χ1n) is 9.46. The summed E-state index contributed by atoms with van der Waals surface area (Å²) in [6, 6.07) is 14.1. The van der Waals surface area contributed by atoms with Crippen molar-refractivity contribution in [1.29, 1.82) is 0 Å². The van der Waals surface area contributed by atoms with Gasteiger partial charge in [-0.3, -0.25) is 0 Å². The maximum atomic E-state index is 13.4. The normalized spacial score (nSPS) is 11.2. The van der Waals surface area contributed by atoms with Gasteiger partial charge in [0.15, 0.2) is 0 Å². The van der Waals surface area contributed by atoms with E-state index in [0.717, 1.165) is 23.4 Å². The molecule has 3 aromatic rings. The van der Waals surface area contributed by atoms with Gasteiger partial charge in [0.1, 0.15) is 28.8 Å². The summed E-state index contributed by atoms with van der Waals surface area (Å²) < 4.78 is 56.4. The fourth-order valence-electron chi connectivity index (χ4n) is 2.71. The molecule has 0 saturated heterocycles. The number of ether oxygens (including phenoxy) is 3. The Morgan fingerprint density at radius 1 is 1.00 bits per heavy atom. The lowest BCUT2D eigenvalue weighted by molar-refractivity contribution is 0.307. The van der Waals surface area contributed by atoms with Crippen molar-refractivity contribution in [2.24, 2.45) is 0 Å². The third kappa shape index (κ3) is 5.89. The standard InChI is InChI=1S/C21H22FN3O5S/c1-3-29-17-7-4-15(5-8-17)18-9-11-21(25-24-18)30-13-12-23-31(26,27)20-14-16(22)6-10-19(20)28-2/h4-11,14,23H,3,12-13H2,1-2H3. The van der Waals surface area contributed by atoms with Crippen molar-refractivity contribution >= 4 is 10.0 Å². The summed E-state index contributed by atoms with van der Waals surface area (Å²) in [7, 11) is -2.66. The Balaban J connectivity index is 1.54. The van der Waals surface area contributed by atoms with E-state index in [0.29, 0.717) is 12.3 Å². The molecule has 1 aromatic heterocycles. The monoisotopic (exact) mass is 447 g/mol. The lowest BCUT2D eigenvalue weighted by atomic mass is 10.1. The van der Waals surface area contributed by atoms with Gasteiger partial charge in [0.25, 0.3) is 0 Å². The first kappa shape index (κ1) is 22.4. The van der Waals surface area contributed by atoms with Crippen LogP contribution in [0, 0.1) is 5.82 Å². The van der Waals surface area contributed by atoms with Gasteiger partial charge in [0, 0.05) is 18.2 Å². The van der Waals surface area contributed by atoms with Crippen molar-refractivity contribution in [1.82, 2.24) is 14.9 Å². The molecule has 0 aliphatic rings. The highest BCUT2D eigenvalue weighted by Crippen LogP contribution is 2.24. The molecule has 10 heteroatoms. The molecule has 0 bridgehead atoms. The van der Waals surface area contributed by atoms with E-state index < -0.39 is 15.8 Å². The van der Waals surface area contributed by atoms with Crippen molar-refractivity contribution < 1.29 is 27.0 Å². The molecule has 164 valence electrons. The van der Waals surface area contributed by atoms with Gasteiger partial charge in [-0.05, 0) is 55.5 Å². The van der Waals surface area contributed by atoms with Crippen LogP contribution in [0.2, 0.25) is 0 Å². The molecule has 0 radical (unpaired) electrons. The maximum Gasteiger partial charge on any atom is 0.244 e. The molecule has 0 aliphatic carbocycles. The van der Waals surface area contributed by atoms with Crippen LogP contribution in [0.1, 0.15) is 6.92 Å². The van der Waals surface area contributed by atoms with Crippen LogP contribution >= 0.6 is 0 Å². The summed E-state index contributed by atoms with van der Waals surface area (Å²) >= 11 is 0. The maximum absolute atomic E-state index is 13.4. The van der Waals surface area contributed by atoms with Crippen LogP contribution in [0.5, 0.6) is 17.4 Å². The second kappa shape index (κ2) is 10.2. The molecular weight excluding hydrogens is 425 g/mol. The highest BCUT2D eigenvalue weighted by atomic mass is 32.2. The Hall–Kier alpha value is -3.24. The van der Waals surface area contributed by atoms with E-state index in [-0.39, 0.29) is 29.7 Å². The van der Waals surface area contributed by atoms with E-state index in [2.05, 4.69) is 14.9 Å². The molecule has 0 unspecified atom stereocenters. The van der Waals surface area contributed by atoms with Gasteiger partial charge in [0.05, 0.1) is 19.4 Å². The smallest absolute Gasteiger partial charge is 0.244 e. The van der Waals surface area contributed by atoms with Crippen LogP contribution in [-0.4, -0.2) is 45.5 Å². The van der Waals surface area contributed by atoms with Gasteiger partial charge >= 0.3 is 0 Å². The van der Waals surface area contributed by atoms with E-state index in [1.165, 1.54) is 13.2 Å². The number of aromatic nitrogens is 2. The minimum absolute atomic E-state index is 0.00788. The lowest BCUT2D eigenvalue weighted by Gasteiger charge is -2.11. The van der Waals surface area contributed by atoms with Gasteiger partial charge < -0.3 is 14.2 Å². The SMILES string of the molecule is CCOc1ccc(-c2ccc(OCCNS(=O)(=O)c3cc(F)ccc3OC)nn2)cc1. The molecule has 1 N–H and O–H groups in total. The van der Waals surface area contributed by atoms with E-state index in [4.69, 9.17) is 14.2 Å². The number of nitrogens with one attached hydrogen (secondary N) is 1. The van der Waals surface area contributed by atoms with Crippen LogP contribution in [0.3, 0.4) is 0 Å². The van der Waals surface area contributed by atoms with Crippen molar-refractivity contribution in [3.63, 3.8) is 0 Å². The van der Waals surface area contributed by atoms with E-state index in [1.54, 1.807) is 12.1 Å². The number of hydrogen-bond donors (Lipinski definition) is 1. The zero-order chi connectivity index (χ0) is 22.3. The number of nitrogens with zero attached hydrogens (tertiary/aromatic N) is 2. The largest absolute Gasteiger partial charge is 0.495 e. The van der Waals surface area contributed by atoms with Crippen molar-refractivity contribution in [3.8, 4) is 28.6 Å². The average Bonchev–Trinajstić information content (AvgIpc) is 2.78. The number of sulfonamides is 1. The second-order valence-corrected chi connectivity index (χ2v) is 7.99. The molecule has 1 heterocycles. The molecule has 31 heavy (non-hydrogen) atoms. The van der Waals surface area contributed by atoms with Gasteiger partial charge in [0.2, 0.25) is 15.9 Å². The fraction of sp³-hybridized carbons (Fsp3) is 0.238. The fourth-order valence-corrected chi connectivity index (χ4v) is 3.90. The topological polar surface area (TPSA) is 99.6 Å². The molecule has 0 aliphatic heterocycles. The predicted molar refractivity (Wildman–Crippen MR) is 112 cm³/mol. The van der Waals surface area contributed by atoms with Crippen molar-refractivity contribution in [2.45, 2.75) is 11.8 Å². The summed E-state index contributed by atoms with van der Waals surface area (Å²) in [5.41, 5.74) is 1.54. The summed E-state index contributed by atoms with van der Waals surface area (Å²) in [4.78, 5) is -0.283. The quantitative estimate of drug-likeness (QED) is 0.477. The molecule has 0 spiro atoms. The van der Waals surface area contributed by atoms with Crippen LogP contribution in [0.15, 0.2) is 59.5 Å². The molecule has 3 rings (SSSR count). The predicted octanol–water partition coefficient (Wildman–Crippen LogP) is 3.05. The van der Waals surface area contributed by atoms with Crippen LogP contribution < -0.4 is 18.9 Å². The number of rotatable bonds is 10. The average molecular weight is 447 g/mol. The third-order valence-corrected chi connectivity index (χ3v) is 5.64. The van der Waals surface area contributed by atoms with Gasteiger partial charge in [-0.25, -0.2) is 17.5 Å². The first-order chi connectivity index (χ1) is 14.9. The zero-order valence-corrected chi connectivity index (χ0v) is 17.9. The van der Waals surface area contributed by atoms with Crippen molar-refractivity contribution in [3.05, 3.63) is 60.4 Å². The highest BCUT2D eigenvalue weighted by molar-refractivity contribution is 7.89. The summed E-state index contributed by atoms with van der Waals surface area (Å²) in [5.74, 6) is 0.389. The number of methoxy groups -OCH3 is 1. The van der Waals surface area contributed by atoms with Crippen LogP contribution in [-0.2, 0) is 10.0 Å². The minimum Gasteiger partial charge on any atom is -0.495 e. The second-order valence-electron chi connectivity index (χ2n) is 6.26. The molecule has 0 atom stereocenters. The van der Waals surface area contributed by atoms with Gasteiger partial charge in [-0.1, -0.05) is 0 Å². The number of hydrogen-bond acceptors (Lipinski definition) is 7. The molecule has 0 saturated carbocycles. The summed E-state index contributed by atoms with van der Waals surface area (Å²) in [5, 5.41) is 8.11. The van der Waals surface area contributed by atoms with E-state index in [9.17, 15) is 12.8 Å². The lowest BCUT2D eigenvalue weighted by Crippen LogP contribution is -2.28. The molecule has 0 fully saturated rings. The van der Waals surface area contributed by atoms with Gasteiger partial charge in [-0.2, -0.15) is 0 Å². The Labute approximate surface area is 180 Å². The van der Waals surface area contributed by atoms with E-state index >= 15 is 0 Å². The zero-order valence-electron chi connectivity index (χ0n) is 17.0. The Morgan fingerprint density at radius 3 is 2.42 bits per heavy atom. The Kier molecular flexibility index (Phi) is 7.37. The Morgan fingerprint density at radius 2 is 1.77 bits per heavy atom. The molecule has 0 amide bonds. The first-order valence-corrected chi connectivity index (χ1v) is 10.9. The van der Waals surface area contributed by atoms with Gasteiger partial charge in [-0.15, -0.1) is 10.2 Å². The molecule has 8 nitrogen and oxygen atoms in total. The van der Waals surface area contributed by atoms with Crippen molar-refractivity contribution in [2.75, 3.05) is 26.9 Å². The minimum atomic E-state index is -3.97. The van der Waals surface area contributed by atoms with E-state index in [1.807, 2.05) is 31.2 Å². The summed E-state index contributed by atoms with van der Waals surface area (Å²) in [6.07, 6.45) is 0. The van der Waals surface area contributed by atoms with Crippen LogP contribution in [0.25, 0.3) is 11.3 Å². The molecule has 2 aromatic carbocycles. The van der Waals surface area contributed by atoms with Crippen LogP contribution in [0.4, 0.5) is 4.39 Å². The third-order valence-electron chi connectivity index (χ3n) is 4.16.